The highest BCUT2D eigenvalue weighted by atomic mass is 14.9. The number of rotatable bonds is 4. The maximum atomic E-state index is 3.78. The Morgan fingerprint density at radius 1 is 1.00 bits per heavy atom. The molecule has 1 N–H and O–H groups in total. The summed E-state index contributed by atoms with van der Waals surface area (Å²) in [5, 5.41) is 3.78. The molecule has 1 aromatic carbocycles. The number of hydrogen-bond acceptors (Lipinski definition) is 1. The first-order valence-electron chi connectivity index (χ1n) is 8.67. The van der Waals surface area contributed by atoms with E-state index in [0.717, 1.165) is 12.5 Å². The average Bonchev–Trinajstić information content (AvgIpc) is 2.53. The predicted octanol–water partition coefficient (Wildman–Crippen LogP) is 4.62. The van der Waals surface area contributed by atoms with E-state index in [4.69, 9.17) is 0 Å². The third-order valence-corrected chi connectivity index (χ3v) is 5.40. The van der Waals surface area contributed by atoms with Gasteiger partial charge in [-0.1, -0.05) is 37.5 Å². The van der Waals surface area contributed by atoms with E-state index in [1.165, 1.54) is 63.4 Å². The van der Waals surface area contributed by atoms with Crippen LogP contribution in [0.2, 0.25) is 0 Å². The zero-order valence-electron chi connectivity index (χ0n) is 13.0. The van der Waals surface area contributed by atoms with Crippen molar-refractivity contribution in [3.8, 4) is 0 Å². The Balaban J connectivity index is 1.55. The Hall–Kier alpha value is -0.820. The number of hydrogen-bond donors (Lipinski definition) is 1. The molecule has 0 aliphatic heterocycles. The van der Waals surface area contributed by atoms with Gasteiger partial charge < -0.3 is 5.32 Å². The topological polar surface area (TPSA) is 12.0 Å². The Labute approximate surface area is 124 Å². The minimum Gasteiger partial charge on any atom is -0.310 e. The molecule has 110 valence electrons. The fourth-order valence-electron chi connectivity index (χ4n) is 3.98. The van der Waals surface area contributed by atoms with Crippen molar-refractivity contribution >= 4 is 0 Å². The van der Waals surface area contributed by atoms with Gasteiger partial charge in [0.15, 0.2) is 0 Å². The van der Waals surface area contributed by atoms with Crippen LogP contribution in [0.4, 0.5) is 0 Å². The minimum atomic E-state index is 0.673. The second-order valence-electron chi connectivity index (χ2n) is 6.88. The van der Waals surface area contributed by atoms with Gasteiger partial charge in [0, 0.05) is 12.6 Å². The summed E-state index contributed by atoms with van der Waals surface area (Å²) in [6, 6.07) is 7.84. The van der Waals surface area contributed by atoms with Gasteiger partial charge in [0.05, 0.1) is 0 Å². The maximum Gasteiger partial charge on any atom is 0.0208 e. The molecular formula is C19H29N. The zero-order chi connectivity index (χ0) is 13.8. The summed E-state index contributed by atoms with van der Waals surface area (Å²) in [6.07, 6.45) is 12.5. The second kappa shape index (κ2) is 6.76. The van der Waals surface area contributed by atoms with Gasteiger partial charge in [-0.25, -0.2) is 0 Å². The molecule has 1 aromatic rings. The van der Waals surface area contributed by atoms with E-state index in [1.54, 1.807) is 11.1 Å². The molecule has 1 fully saturated rings. The smallest absolute Gasteiger partial charge is 0.0208 e. The van der Waals surface area contributed by atoms with E-state index < -0.39 is 0 Å². The summed E-state index contributed by atoms with van der Waals surface area (Å²) >= 11 is 0. The lowest BCUT2D eigenvalue weighted by Gasteiger charge is -2.28. The van der Waals surface area contributed by atoms with E-state index in [0.29, 0.717) is 6.04 Å². The van der Waals surface area contributed by atoms with Gasteiger partial charge in [0.2, 0.25) is 0 Å². The van der Waals surface area contributed by atoms with E-state index in [9.17, 15) is 0 Å². The summed E-state index contributed by atoms with van der Waals surface area (Å²) in [4.78, 5) is 0. The molecule has 0 saturated heterocycles. The summed E-state index contributed by atoms with van der Waals surface area (Å²) in [7, 11) is 0. The first-order valence-corrected chi connectivity index (χ1v) is 8.67. The highest BCUT2D eigenvalue weighted by Crippen LogP contribution is 2.27. The fraction of sp³-hybridized carbons (Fsp3) is 0.684. The zero-order valence-corrected chi connectivity index (χ0v) is 13.0. The van der Waals surface area contributed by atoms with Gasteiger partial charge in [-0.2, -0.15) is 0 Å². The van der Waals surface area contributed by atoms with E-state index in [1.807, 2.05) is 0 Å². The fourth-order valence-corrected chi connectivity index (χ4v) is 3.98. The van der Waals surface area contributed by atoms with Crippen molar-refractivity contribution in [2.45, 2.75) is 77.3 Å². The minimum absolute atomic E-state index is 0.673. The first kappa shape index (κ1) is 14.1. The van der Waals surface area contributed by atoms with Crippen LogP contribution in [0.15, 0.2) is 18.2 Å². The molecule has 0 aromatic heterocycles. The number of nitrogens with one attached hydrogen (secondary N) is 1. The SMILES string of the molecule is CC(NCc1ccc2c(c1)CCCC2)C1CCCCC1. The normalized spacial score (nSPS) is 21.4. The van der Waals surface area contributed by atoms with Gasteiger partial charge >= 0.3 is 0 Å². The third-order valence-electron chi connectivity index (χ3n) is 5.40. The van der Waals surface area contributed by atoms with Crippen LogP contribution in [0.1, 0.15) is 68.6 Å². The monoisotopic (exact) mass is 271 g/mol. The Kier molecular flexibility index (Phi) is 4.77. The Bertz CT molecular complexity index is 431. The van der Waals surface area contributed by atoms with Crippen LogP contribution in [0.25, 0.3) is 0 Å². The standard InChI is InChI=1S/C19H29N/c1-15(17-7-3-2-4-8-17)20-14-16-11-12-18-9-5-6-10-19(18)13-16/h11-13,15,17,20H,2-10,14H2,1H3. The summed E-state index contributed by atoms with van der Waals surface area (Å²) in [5.74, 6) is 0.904. The molecule has 1 nitrogen and oxygen atoms in total. The molecule has 0 spiro atoms. The molecular weight excluding hydrogens is 242 g/mol. The maximum absolute atomic E-state index is 3.78. The van der Waals surface area contributed by atoms with Gasteiger partial charge in [0.25, 0.3) is 0 Å². The number of fused-ring (bicyclic) bond motifs is 1. The lowest BCUT2D eigenvalue weighted by molar-refractivity contribution is 0.280. The Morgan fingerprint density at radius 3 is 2.55 bits per heavy atom. The van der Waals surface area contributed by atoms with Gasteiger partial charge in [-0.05, 0) is 68.1 Å². The van der Waals surface area contributed by atoms with Crippen molar-refractivity contribution in [3.05, 3.63) is 34.9 Å². The molecule has 0 heterocycles. The van der Waals surface area contributed by atoms with Crippen LogP contribution in [-0.2, 0) is 19.4 Å². The predicted molar refractivity (Wildman–Crippen MR) is 86.0 cm³/mol. The van der Waals surface area contributed by atoms with E-state index >= 15 is 0 Å². The Morgan fingerprint density at radius 2 is 1.75 bits per heavy atom. The molecule has 0 amide bonds. The molecule has 0 bridgehead atoms. The van der Waals surface area contributed by atoms with Crippen molar-refractivity contribution in [1.82, 2.24) is 5.32 Å². The van der Waals surface area contributed by atoms with Gasteiger partial charge in [-0.3, -0.25) is 0 Å². The van der Waals surface area contributed by atoms with Crippen molar-refractivity contribution in [3.63, 3.8) is 0 Å². The second-order valence-corrected chi connectivity index (χ2v) is 6.88. The molecule has 1 unspecified atom stereocenters. The molecule has 2 aliphatic carbocycles. The summed E-state index contributed by atoms with van der Waals surface area (Å²) < 4.78 is 0. The molecule has 1 heteroatoms. The van der Waals surface area contributed by atoms with Crippen LogP contribution in [0.5, 0.6) is 0 Å². The number of aryl methyl sites for hydroxylation is 2. The quantitative estimate of drug-likeness (QED) is 0.842. The van der Waals surface area contributed by atoms with Crippen molar-refractivity contribution in [2.75, 3.05) is 0 Å². The lowest BCUT2D eigenvalue weighted by atomic mass is 9.84. The molecule has 1 saturated carbocycles. The summed E-state index contributed by atoms with van der Waals surface area (Å²) in [5.41, 5.74) is 4.69. The highest BCUT2D eigenvalue weighted by molar-refractivity contribution is 5.33. The summed E-state index contributed by atoms with van der Waals surface area (Å²) in [6.45, 7) is 3.43. The lowest BCUT2D eigenvalue weighted by Crippen LogP contribution is -2.34. The van der Waals surface area contributed by atoms with Crippen molar-refractivity contribution < 1.29 is 0 Å². The van der Waals surface area contributed by atoms with E-state index in [-0.39, 0.29) is 0 Å². The van der Waals surface area contributed by atoms with Crippen LogP contribution < -0.4 is 5.32 Å². The molecule has 2 aliphatic rings. The molecule has 3 rings (SSSR count). The van der Waals surface area contributed by atoms with Gasteiger partial charge in [0.1, 0.15) is 0 Å². The first-order chi connectivity index (χ1) is 9.83. The van der Waals surface area contributed by atoms with E-state index in [2.05, 4.69) is 30.4 Å². The van der Waals surface area contributed by atoms with Crippen LogP contribution in [0, 0.1) is 5.92 Å². The highest BCUT2D eigenvalue weighted by Gasteiger charge is 2.19. The van der Waals surface area contributed by atoms with Crippen molar-refractivity contribution in [2.24, 2.45) is 5.92 Å². The third kappa shape index (κ3) is 3.44. The molecule has 20 heavy (non-hydrogen) atoms. The largest absolute Gasteiger partial charge is 0.310 e. The number of benzene rings is 1. The van der Waals surface area contributed by atoms with Crippen LogP contribution in [-0.4, -0.2) is 6.04 Å². The average molecular weight is 271 g/mol. The molecule has 0 radical (unpaired) electrons. The molecule has 1 atom stereocenters. The van der Waals surface area contributed by atoms with Crippen molar-refractivity contribution in [1.29, 1.82) is 0 Å². The van der Waals surface area contributed by atoms with Crippen LogP contribution in [0.3, 0.4) is 0 Å². The van der Waals surface area contributed by atoms with Crippen LogP contribution >= 0.6 is 0 Å². The van der Waals surface area contributed by atoms with Gasteiger partial charge in [-0.15, -0.1) is 0 Å².